The summed E-state index contributed by atoms with van der Waals surface area (Å²) in [6.45, 7) is 13.1. The number of carbonyl (C=O) groups is 4. The summed E-state index contributed by atoms with van der Waals surface area (Å²) in [5, 5.41) is 0. The molecule has 144 valence electrons. The van der Waals surface area contributed by atoms with Crippen LogP contribution in [0, 0.1) is 0 Å². The Labute approximate surface area is 163 Å². The molecule has 0 aliphatic heterocycles. The van der Waals surface area contributed by atoms with Crippen molar-refractivity contribution in [3.05, 3.63) is 0 Å². The second kappa shape index (κ2) is 13.2. The summed E-state index contributed by atoms with van der Waals surface area (Å²) in [5.41, 5.74) is -1.07. The fourth-order valence-corrected chi connectivity index (χ4v) is 0.808. The Hall–Kier alpha value is -1.09. The molecule has 0 N–H and O–H groups in total. The molecule has 0 atom stereocenters. The molecular weight excluding hydrogens is 368 g/mol. The summed E-state index contributed by atoms with van der Waals surface area (Å²) in [7, 11) is 0. The Morgan fingerprint density at radius 2 is 0.880 bits per heavy atom. The van der Waals surface area contributed by atoms with Crippen molar-refractivity contribution >= 4 is 23.5 Å². The summed E-state index contributed by atoms with van der Waals surface area (Å²) < 4.78 is 0. The van der Waals surface area contributed by atoms with Crippen LogP contribution in [0.25, 0.3) is 0 Å². The minimum Gasteiger partial charge on any atom is -0.299 e. The molecule has 0 rings (SSSR count). The van der Waals surface area contributed by atoms with Gasteiger partial charge in [-0.15, -0.1) is 0 Å². The number of Topliss-reactive ketones (excluding diaryl/α,β-unsaturated/α-hetero) is 2. The molecule has 25 heavy (non-hydrogen) atoms. The van der Waals surface area contributed by atoms with E-state index < -0.39 is 23.1 Å². The number of ketones is 2. The first-order valence-electron chi connectivity index (χ1n) is 7.38. The maximum absolute atomic E-state index is 10.7. The molecular formula is C16H28O8Ti. The Kier molecular flexibility index (Phi) is 15.1. The van der Waals surface area contributed by atoms with Gasteiger partial charge in [0.2, 0.25) is 0 Å². The van der Waals surface area contributed by atoms with E-state index in [4.69, 9.17) is 9.78 Å². The van der Waals surface area contributed by atoms with Crippen molar-refractivity contribution in [1.29, 1.82) is 0 Å². The van der Waals surface area contributed by atoms with Crippen molar-refractivity contribution in [3.8, 4) is 0 Å². The van der Waals surface area contributed by atoms with E-state index in [1.807, 2.05) is 0 Å². The average Bonchev–Trinajstić information content (AvgIpc) is 2.31. The summed E-state index contributed by atoms with van der Waals surface area (Å²) in [6, 6.07) is 0. The Morgan fingerprint density at radius 1 is 0.640 bits per heavy atom. The van der Waals surface area contributed by atoms with E-state index in [0.717, 1.165) is 0 Å². The first-order valence-corrected chi connectivity index (χ1v) is 7.38. The van der Waals surface area contributed by atoms with Crippen LogP contribution in [-0.4, -0.2) is 34.7 Å². The van der Waals surface area contributed by atoms with Gasteiger partial charge < -0.3 is 0 Å². The summed E-state index contributed by atoms with van der Waals surface area (Å²) in [5.74, 6) is -1.79. The summed E-state index contributed by atoms with van der Waals surface area (Å²) in [6.07, 6.45) is -0.480. The van der Waals surface area contributed by atoms with Gasteiger partial charge in [-0.25, -0.2) is 9.59 Å². The largest absolute Gasteiger partial charge is 0.349 e. The first-order chi connectivity index (χ1) is 10.6. The molecule has 0 heterocycles. The molecule has 0 amide bonds. The van der Waals surface area contributed by atoms with Crippen molar-refractivity contribution in [2.24, 2.45) is 0 Å². The van der Waals surface area contributed by atoms with Crippen molar-refractivity contribution in [2.75, 3.05) is 0 Å². The molecule has 0 aromatic rings. The van der Waals surface area contributed by atoms with Crippen LogP contribution in [0.2, 0.25) is 0 Å². The van der Waals surface area contributed by atoms with Gasteiger partial charge in [0.05, 0.1) is 0 Å². The van der Waals surface area contributed by atoms with E-state index >= 15 is 0 Å². The quantitative estimate of drug-likeness (QED) is 0.292. The van der Waals surface area contributed by atoms with Crippen LogP contribution < -0.4 is 0 Å². The molecule has 0 fully saturated rings. The molecule has 0 aliphatic rings. The van der Waals surface area contributed by atoms with Gasteiger partial charge in [0.25, 0.3) is 0 Å². The molecule has 0 aromatic heterocycles. The van der Waals surface area contributed by atoms with Gasteiger partial charge in [-0.1, -0.05) is 0 Å². The fourth-order valence-electron chi connectivity index (χ4n) is 0.808. The van der Waals surface area contributed by atoms with Crippen molar-refractivity contribution in [1.82, 2.24) is 0 Å². The topological polar surface area (TPSA) is 105 Å². The molecule has 0 saturated heterocycles. The van der Waals surface area contributed by atoms with Crippen LogP contribution in [0.3, 0.4) is 0 Å². The monoisotopic (exact) mass is 396 g/mol. The number of hydrogen-bond acceptors (Lipinski definition) is 8. The van der Waals surface area contributed by atoms with Crippen LogP contribution in [0.5, 0.6) is 0 Å². The van der Waals surface area contributed by atoms with Crippen molar-refractivity contribution < 1.29 is 60.4 Å². The number of carbonyl (C=O) groups excluding carboxylic acids is 4. The molecule has 0 aliphatic carbocycles. The van der Waals surface area contributed by atoms with Crippen molar-refractivity contribution in [3.63, 3.8) is 0 Å². The Balaban J connectivity index is -0.000000372. The standard InChI is InChI=1S/2C8H14O4.Ti/c2*1-6(9)5-7(10)11-12-8(2,3)4;/h2*5H2,1-4H3;. The van der Waals surface area contributed by atoms with Crippen LogP contribution in [-0.2, 0) is 60.4 Å². The van der Waals surface area contributed by atoms with Gasteiger partial charge in [-0.2, -0.15) is 9.78 Å². The third kappa shape index (κ3) is 28.0. The predicted molar refractivity (Wildman–Crippen MR) is 84.5 cm³/mol. The van der Waals surface area contributed by atoms with E-state index in [2.05, 4.69) is 9.78 Å². The van der Waals surface area contributed by atoms with Gasteiger partial charge in [0.1, 0.15) is 35.6 Å². The van der Waals surface area contributed by atoms with E-state index in [1.54, 1.807) is 41.5 Å². The maximum atomic E-state index is 10.7. The normalized spacial score (nSPS) is 10.6. The SMILES string of the molecule is CC(=O)CC(=O)OOC(C)(C)C.CC(=O)CC(=O)OOC(C)(C)C.[Ti]. The zero-order valence-electron chi connectivity index (χ0n) is 16.2. The number of rotatable bonds is 6. The second-order valence-electron chi connectivity index (χ2n) is 7.06. The summed E-state index contributed by atoms with van der Waals surface area (Å²) in [4.78, 5) is 60.4. The second-order valence-corrected chi connectivity index (χ2v) is 7.06. The van der Waals surface area contributed by atoms with Gasteiger partial charge in [-0.05, 0) is 55.4 Å². The third-order valence-corrected chi connectivity index (χ3v) is 1.56. The van der Waals surface area contributed by atoms with E-state index in [1.165, 1.54) is 13.8 Å². The van der Waals surface area contributed by atoms with Crippen molar-refractivity contribution in [2.45, 2.75) is 79.4 Å². The van der Waals surface area contributed by atoms with E-state index in [-0.39, 0.29) is 46.1 Å². The van der Waals surface area contributed by atoms with Crippen LogP contribution in [0.1, 0.15) is 68.2 Å². The maximum Gasteiger partial charge on any atom is 0.349 e. The van der Waals surface area contributed by atoms with E-state index in [0.29, 0.717) is 0 Å². The predicted octanol–water partition coefficient (Wildman–Crippen LogP) is 2.48. The zero-order chi connectivity index (χ0) is 19.6. The van der Waals surface area contributed by atoms with Crippen LogP contribution in [0.15, 0.2) is 0 Å². The summed E-state index contributed by atoms with van der Waals surface area (Å²) >= 11 is 0. The van der Waals surface area contributed by atoms with Crippen LogP contribution >= 0.6 is 0 Å². The molecule has 0 saturated carbocycles. The minimum absolute atomic E-state index is 0. The van der Waals surface area contributed by atoms with Gasteiger partial charge >= 0.3 is 11.9 Å². The van der Waals surface area contributed by atoms with Gasteiger partial charge in [0.15, 0.2) is 0 Å². The minimum atomic E-state index is -0.655. The molecule has 0 unspecified atom stereocenters. The smallest absolute Gasteiger partial charge is 0.299 e. The Morgan fingerprint density at radius 3 is 1.04 bits per heavy atom. The molecule has 0 bridgehead atoms. The average molecular weight is 396 g/mol. The van der Waals surface area contributed by atoms with E-state index in [9.17, 15) is 19.2 Å². The third-order valence-electron chi connectivity index (χ3n) is 1.56. The number of hydrogen-bond donors (Lipinski definition) is 0. The zero-order valence-corrected chi connectivity index (χ0v) is 17.7. The molecule has 0 aromatic carbocycles. The first kappa shape index (κ1) is 28.7. The molecule has 0 radical (unpaired) electrons. The molecule has 8 nitrogen and oxygen atoms in total. The van der Waals surface area contributed by atoms with Crippen LogP contribution in [0.4, 0.5) is 0 Å². The van der Waals surface area contributed by atoms with Gasteiger partial charge in [-0.3, -0.25) is 19.4 Å². The van der Waals surface area contributed by atoms with Gasteiger partial charge in [0, 0.05) is 21.7 Å². The molecule has 0 spiro atoms. The Bertz CT molecular complexity index is 404. The fraction of sp³-hybridized carbons (Fsp3) is 0.750. The molecule has 9 heteroatoms.